The van der Waals surface area contributed by atoms with E-state index >= 15 is 0 Å². The smallest absolute Gasteiger partial charge is 0.382 e. The molecule has 0 amide bonds. The van der Waals surface area contributed by atoms with Crippen LogP contribution in [0.25, 0.3) is 0 Å². The Hall–Kier alpha value is -0.853. The van der Waals surface area contributed by atoms with Crippen molar-refractivity contribution in [2.45, 2.75) is 19.4 Å². The molecule has 0 aromatic rings. The molecule has 0 aromatic carbocycles. The second-order valence-electron chi connectivity index (χ2n) is 5.28. The lowest BCUT2D eigenvalue weighted by atomic mass is 10.4. The molecule has 0 atom stereocenters. The summed E-state index contributed by atoms with van der Waals surface area (Å²) in [4.78, 5) is 20.8. The summed E-state index contributed by atoms with van der Waals surface area (Å²) in [5.41, 5.74) is 0.266. The number of methoxy groups -OCH3 is 3. The number of ether oxygens (including phenoxy) is 3. The lowest BCUT2D eigenvalue weighted by Crippen LogP contribution is -2.48. The predicted molar refractivity (Wildman–Crippen MR) is 95.5 cm³/mol. The number of carbonyl (C=O) groups is 1. The van der Waals surface area contributed by atoms with Crippen LogP contribution in [0.15, 0.2) is 12.2 Å². The van der Waals surface area contributed by atoms with Crippen molar-refractivity contribution >= 4 is 14.8 Å². The van der Waals surface area contributed by atoms with E-state index in [0.29, 0.717) is 52.1 Å². The molecule has 154 valence electrons. The Kier molecular flexibility index (Phi) is 15.8. The van der Waals surface area contributed by atoms with Gasteiger partial charge in [-0.3, -0.25) is 4.89 Å². The van der Waals surface area contributed by atoms with Crippen molar-refractivity contribution < 1.29 is 42.1 Å². The van der Waals surface area contributed by atoms with Gasteiger partial charge in [0, 0.05) is 32.9 Å². The topological polar surface area (TPSA) is 90.9 Å². The molecule has 0 bridgehead atoms. The van der Waals surface area contributed by atoms with Crippen molar-refractivity contribution in [3.63, 3.8) is 0 Å². The van der Waals surface area contributed by atoms with Gasteiger partial charge >= 0.3 is 14.8 Å². The van der Waals surface area contributed by atoms with E-state index in [4.69, 9.17) is 32.4 Å². The Bertz CT molecular complexity index is 352. The average Bonchev–Trinajstić information content (AvgIpc) is 2.61. The molecule has 0 aliphatic heterocycles. The summed E-state index contributed by atoms with van der Waals surface area (Å²) in [6.07, 6.45) is 0.517. The molecule has 26 heavy (non-hydrogen) atoms. The molecule has 0 fully saturated rings. The second-order valence-corrected chi connectivity index (χ2v) is 8.02. The van der Waals surface area contributed by atoms with Crippen molar-refractivity contribution in [2.75, 3.05) is 67.6 Å². The Labute approximate surface area is 156 Å². The van der Waals surface area contributed by atoms with Crippen molar-refractivity contribution in [1.82, 2.24) is 0 Å². The van der Waals surface area contributed by atoms with Crippen LogP contribution < -0.4 is 0 Å². The summed E-state index contributed by atoms with van der Waals surface area (Å²) < 4.78 is 32.8. The first-order valence-electron chi connectivity index (χ1n) is 8.39. The number of hydrogen-bond donors (Lipinski definition) is 0. The average molecular weight is 397 g/mol. The zero-order chi connectivity index (χ0) is 19.7. The summed E-state index contributed by atoms with van der Waals surface area (Å²) >= 11 is 0. The standard InChI is InChI=1S/C16H32O9Si/c1-15(2)16(17)25-21-7-6-14-26(22-11-8-18-3,23-12-9-19-4)24-13-10-20-5/h1,6-14H2,2-5H3. The normalized spacial score (nSPS) is 11.5. The van der Waals surface area contributed by atoms with Crippen molar-refractivity contribution in [1.29, 1.82) is 0 Å². The predicted octanol–water partition coefficient (Wildman–Crippen LogP) is 1.36. The minimum absolute atomic E-state index is 0.183. The lowest BCUT2D eigenvalue weighted by molar-refractivity contribution is -0.268. The molecule has 0 saturated carbocycles. The van der Waals surface area contributed by atoms with E-state index in [2.05, 4.69) is 11.5 Å². The van der Waals surface area contributed by atoms with Gasteiger partial charge in [0.05, 0.1) is 46.2 Å². The highest BCUT2D eigenvalue weighted by molar-refractivity contribution is 6.60. The molecule has 10 heteroatoms. The van der Waals surface area contributed by atoms with Gasteiger partial charge in [-0.25, -0.2) is 4.79 Å². The van der Waals surface area contributed by atoms with Crippen LogP contribution in [0.5, 0.6) is 0 Å². The maximum atomic E-state index is 11.3. The van der Waals surface area contributed by atoms with E-state index in [-0.39, 0.29) is 12.2 Å². The van der Waals surface area contributed by atoms with Gasteiger partial charge in [0.1, 0.15) is 0 Å². The second kappa shape index (κ2) is 16.3. The van der Waals surface area contributed by atoms with Crippen LogP contribution in [0.3, 0.4) is 0 Å². The Morgan fingerprint density at radius 2 is 1.27 bits per heavy atom. The minimum Gasteiger partial charge on any atom is -0.382 e. The summed E-state index contributed by atoms with van der Waals surface area (Å²) in [6, 6.07) is 0.481. The van der Waals surface area contributed by atoms with Crippen LogP contribution in [0.2, 0.25) is 6.04 Å². The van der Waals surface area contributed by atoms with Crippen LogP contribution >= 0.6 is 0 Å². The van der Waals surface area contributed by atoms with Crippen LogP contribution in [0.4, 0.5) is 0 Å². The molecular formula is C16H32O9Si. The first-order chi connectivity index (χ1) is 12.5. The highest BCUT2D eigenvalue weighted by atomic mass is 28.4. The first-order valence-corrected chi connectivity index (χ1v) is 10.3. The van der Waals surface area contributed by atoms with Crippen LogP contribution in [0, 0.1) is 0 Å². The van der Waals surface area contributed by atoms with Gasteiger partial charge in [-0.15, -0.1) is 0 Å². The van der Waals surface area contributed by atoms with Crippen LogP contribution in [-0.4, -0.2) is 82.4 Å². The fraction of sp³-hybridized carbons (Fsp3) is 0.812. The van der Waals surface area contributed by atoms with Gasteiger partial charge in [-0.2, -0.15) is 4.89 Å². The molecule has 0 heterocycles. The third kappa shape index (κ3) is 12.5. The molecule has 0 N–H and O–H groups in total. The van der Waals surface area contributed by atoms with Gasteiger partial charge in [-0.05, 0) is 13.3 Å². The maximum absolute atomic E-state index is 11.3. The summed E-state index contributed by atoms with van der Waals surface area (Å²) in [5, 5.41) is 0. The van der Waals surface area contributed by atoms with Crippen LogP contribution in [-0.2, 0) is 42.1 Å². The quantitative estimate of drug-likeness (QED) is 0.112. The fourth-order valence-electron chi connectivity index (χ4n) is 1.70. The lowest BCUT2D eigenvalue weighted by Gasteiger charge is -2.29. The Morgan fingerprint density at radius 3 is 1.65 bits per heavy atom. The van der Waals surface area contributed by atoms with Gasteiger partial charge in [0.25, 0.3) is 0 Å². The Balaban J connectivity index is 4.60. The minimum atomic E-state index is -2.98. The molecular weight excluding hydrogens is 364 g/mol. The number of carbonyl (C=O) groups excluding carboxylic acids is 1. The molecule has 0 spiro atoms. The monoisotopic (exact) mass is 396 g/mol. The summed E-state index contributed by atoms with van der Waals surface area (Å²) in [6.45, 7) is 7.48. The molecule has 0 rings (SSSR count). The van der Waals surface area contributed by atoms with Gasteiger partial charge in [0.15, 0.2) is 0 Å². The highest BCUT2D eigenvalue weighted by Gasteiger charge is 2.40. The maximum Gasteiger partial charge on any atom is 0.501 e. The van der Waals surface area contributed by atoms with E-state index in [9.17, 15) is 4.79 Å². The molecule has 0 unspecified atom stereocenters. The SMILES string of the molecule is C=C(C)C(=O)OOCCC[Si](OCCOC)(OCCOC)OCCOC. The highest BCUT2D eigenvalue weighted by Crippen LogP contribution is 2.18. The largest absolute Gasteiger partial charge is 0.501 e. The Morgan fingerprint density at radius 1 is 0.808 bits per heavy atom. The summed E-state index contributed by atoms with van der Waals surface area (Å²) in [5.74, 6) is -0.599. The van der Waals surface area contributed by atoms with E-state index in [1.165, 1.54) is 0 Å². The van der Waals surface area contributed by atoms with Crippen LogP contribution in [0.1, 0.15) is 13.3 Å². The van der Waals surface area contributed by atoms with E-state index < -0.39 is 14.8 Å². The van der Waals surface area contributed by atoms with Gasteiger partial charge in [0.2, 0.25) is 0 Å². The number of rotatable bonds is 18. The zero-order valence-electron chi connectivity index (χ0n) is 16.2. The molecule has 0 saturated heterocycles. The van der Waals surface area contributed by atoms with Crippen molar-refractivity contribution in [3.05, 3.63) is 12.2 Å². The van der Waals surface area contributed by atoms with E-state index in [0.717, 1.165) is 0 Å². The summed E-state index contributed by atoms with van der Waals surface area (Å²) in [7, 11) is 1.79. The molecule has 0 aliphatic rings. The van der Waals surface area contributed by atoms with Gasteiger partial charge < -0.3 is 27.5 Å². The third-order valence-corrected chi connectivity index (χ3v) is 5.92. The van der Waals surface area contributed by atoms with E-state index in [1.54, 1.807) is 28.3 Å². The fourth-order valence-corrected chi connectivity index (χ4v) is 4.14. The molecule has 9 nitrogen and oxygen atoms in total. The van der Waals surface area contributed by atoms with E-state index in [1.807, 2.05) is 0 Å². The van der Waals surface area contributed by atoms with Crippen molar-refractivity contribution in [2.24, 2.45) is 0 Å². The molecule has 0 radical (unpaired) electrons. The third-order valence-electron chi connectivity index (χ3n) is 3.02. The number of hydrogen-bond acceptors (Lipinski definition) is 9. The van der Waals surface area contributed by atoms with Gasteiger partial charge in [-0.1, -0.05) is 6.58 Å². The molecule has 0 aliphatic carbocycles. The first kappa shape index (κ1) is 25.1. The zero-order valence-corrected chi connectivity index (χ0v) is 17.2. The van der Waals surface area contributed by atoms with Crippen molar-refractivity contribution in [3.8, 4) is 0 Å². The molecule has 0 aromatic heterocycles.